The van der Waals surface area contributed by atoms with Crippen LogP contribution in [0.3, 0.4) is 0 Å². The second-order valence-electron chi connectivity index (χ2n) is 7.93. The zero-order chi connectivity index (χ0) is 22.0. The summed E-state index contributed by atoms with van der Waals surface area (Å²) in [5.74, 6) is -1.08. The number of benzene rings is 3. The summed E-state index contributed by atoms with van der Waals surface area (Å²) in [5, 5.41) is 2.94. The molecule has 2 amide bonds. The molecule has 4 rings (SSSR count). The van der Waals surface area contributed by atoms with E-state index in [0.717, 1.165) is 22.3 Å². The van der Waals surface area contributed by atoms with Crippen LogP contribution in [-0.4, -0.2) is 23.3 Å². The summed E-state index contributed by atoms with van der Waals surface area (Å²) in [6.07, 6.45) is 0.609. The van der Waals surface area contributed by atoms with Gasteiger partial charge in [0.25, 0.3) is 0 Å². The van der Waals surface area contributed by atoms with Gasteiger partial charge in [0.05, 0.1) is 12.0 Å². The van der Waals surface area contributed by atoms with E-state index in [1.54, 1.807) is 17.0 Å². The summed E-state index contributed by atoms with van der Waals surface area (Å²) >= 11 is 0. The van der Waals surface area contributed by atoms with Gasteiger partial charge in [-0.3, -0.25) is 9.59 Å². The van der Waals surface area contributed by atoms with E-state index in [9.17, 15) is 14.0 Å². The van der Waals surface area contributed by atoms with Gasteiger partial charge in [-0.1, -0.05) is 67.1 Å². The van der Waals surface area contributed by atoms with Crippen LogP contribution in [0.1, 0.15) is 47.6 Å². The zero-order valence-corrected chi connectivity index (χ0v) is 17.6. The van der Waals surface area contributed by atoms with E-state index >= 15 is 0 Å². The molecule has 0 saturated heterocycles. The smallest absolute Gasteiger partial charge is 0.244 e. The van der Waals surface area contributed by atoms with Gasteiger partial charge in [-0.25, -0.2) is 4.39 Å². The van der Waals surface area contributed by atoms with Gasteiger partial charge in [0.2, 0.25) is 11.8 Å². The third kappa shape index (κ3) is 4.22. The number of anilines is 1. The van der Waals surface area contributed by atoms with Crippen molar-refractivity contribution in [2.75, 3.05) is 11.9 Å². The SMILES string of the molecule is CC[C@H](C(=O)N1CC(=O)Nc2ccc(C)cc2[C@H]1c1ccc(F)cc1)c1ccccc1. The Labute approximate surface area is 181 Å². The second kappa shape index (κ2) is 8.72. The van der Waals surface area contributed by atoms with Crippen molar-refractivity contribution in [3.63, 3.8) is 0 Å². The van der Waals surface area contributed by atoms with E-state index in [1.807, 2.05) is 62.4 Å². The van der Waals surface area contributed by atoms with Crippen LogP contribution in [0.15, 0.2) is 72.8 Å². The molecule has 1 aliphatic rings. The van der Waals surface area contributed by atoms with Crippen molar-refractivity contribution in [3.8, 4) is 0 Å². The standard InChI is InChI=1S/C26H25FN2O2/c1-3-21(18-7-5-4-6-8-18)26(31)29-16-24(30)28-23-14-9-17(2)15-22(23)25(29)19-10-12-20(27)13-11-19/h4-15,21,25H,3,16H2,1-2H3,(H,28,30)/t21-,25+/m0/s1. The predicted molar refractivity (Wildman–Crippen MR) is 119 cm³/mol. The fraction of sp³-hybridized carbons (Fsp3) is 0.231. The van der Waals surface area contributed by atoms with Gasteiger partial charge in [-0.2, -0.15) is 0 Å². The van der Waals surface area contributed by atoms with Crippen molar-refractivity contribution in [2.24, 2.45) is 0 Å². The number of amides is 2. The molecule has 1 aliphatic heterocycles. The van der Waals surface area contributed by atoms with Crippen molar-refractivity contribution in [2.45, 2.75) is 32.2 Å². The van der Waals surface area contributed by atoms with Crippen molar-refractivity contribution in [1.82, 2.24) is 4.90 Å². The van der Waals surface area contributed by atoms with Crippen LogP contribution in [0.5, 0.6) is 0 Å². The molecular formula is C26H25FN2O2. The molecule has 0 fully saturated rings. The predicted octanol–water partition coefficient (Wildman–Crippen LogP) is 5.20. The summed E-state index contributed by atoms with van der Waals surface area (Å²) in [6.45, 7) is 3.87. The minimum absolute atomic E-state index is 0.0715. The van der Waals surface area contributed by atoms with Crippen molar-refractivity contribution >= 4 is 17.5 Å². The fourth-order valence-corrected chi connectivity index (χ4v) is 4.27. The van der Waals surface area contributed by atoms with E-state index in [2.05, 4.69) is 5.32 Å². The molecule has 158 valence electrons. The molecule has 1 N–H and O–H groups in total. The van der Waals surface area contributed by atoms with Crippen molar-refractivity contribution < 1.29 is 14.0 Å². The minimum Gasteiger partial charge on any atom is -0.324 e. The number of hydrogen-bond donors (Lipinski definition) is 1. The molecule has 0 spiro atoms. The van der Waals surface area contributed by atoms with Crippen LogP contribution >= 0.6 is 0 Å². The number of nitrogens with one attached hydrogen (secondary N) is 1. The molecule has 0 radical (unpaired) electrons. The number of fused-ring (bicyclic) bond motifs is 1. The normalized spacial score (nSPS) is 16.8. The Morgan fingerprint density at radius 3 is 2.48 bits per heavy atom. The first-order chi connectivity index (χ1) is 15.0. The Hall–Kier alpha value is -3.47. The maximum atomic E-state index is 13.8. The molecule has 0 saturated carbocycles. The van der Waals surface area contributed by atoms with Gasteiger partial charge in [0.15, 0.2) is 0 Å². The number of hydrogen-bond acceptors (Lipinski definition) is 2. The first-order valence-electron chi connectivity index (χ1n) is 10.5. The monoisotopic (exact) mass is 416 g/mol. The zero-order valence-electron chi connectivity index (χ0n) is 17.6. The third-order valence-electron chi connectivity index (χ3n) is 5.78. The first-order valence-corrected chi connectivity index (χ1v) is 10.5. The van der Waals surface area contributed by atoms with Gasteiger partial charge >= 0.3 is 0 Å². The minimum atomic E-state index is -0.500. The van der Waals surface area contributed by atoms with Gasteiger partial charge in [-0.15, -0.1) is 0 Å². The van der Waals surface area contributed by atoms with Gasteiger partial charge in [0.1, 0.15) is 12.4 Å². The van der Waals surface area contributed by atoms with Crippen LogP contribution in [-0.2, 0) is 9.59 Å². The quantitative estimate of drug-likeness (QED) is 0.636. The molecule has 31 heavy (non-hydrogen) atoms. The van der Waals surface area contributed by atoms with Crippen molar-refractivity contribution in [3.05, 3.63) is 101 Å². The molecule has 4 nitrogen and oxygen atoms in total. The highest BCUT2D eigenvalue weighted by Crippen LogP contribution is 2.38. The maximum absolute atomic E-state index is 13.8. The van der Waals surface area contributed by atoms with E-state index in [1.165, 1.54) is 12.1 Å². The first kappa shape index (κ1) is 20.8. The molecule has 0 unspecified atom stereocenters. The Kier molecular flexibility index (Phi) is 5.85. The van der Waals surface area contributed by atoms with Crippen LogP contribution in [0.25, 0.3) is 0 Å². The summed E-state index contributed by atoms with van der Waals surface area (Å²) in [7, 11) is 0. The lowest BCUT2D eigenvalue weighted by Crippen LogP contribution is -2.41. The Balaban J connectivity index is 1.86. The molecule has 1 heterocycles. The lowest BCUT2D eigenvalue weighted by atomic mass is 9.90. The number of carbonyl (C=O) groups is 2. The van der Waals surface area contributed by atoms with Crippen LogP contribution in [0.4, 0.5) is 10.1 Å². The maximum Gasteiger partial charge on any atom is 0.244 e. The largest absolute Gasteiger partial charge is 0.324 e. The average molecular weight is 416 g/mol. The average Bonchev–Trinajstić information content (AvgIpc) is 2.91. The number of carbonyl (C=O) groups excluding carboxylic acids is 2. The molecule has 0 aliphatic carbocycles. The Bertz CT molecular complexity index is 1100. The number of nitrogens with zero attached hydrogens (tertiary/aromatic N) is 1. The van der Waals surface area contributed by atoms with Gasteiger partial charge < -0.3 is 10.2 Å². The number of aryl methyl sites for hydroxylation is 1. The molecular weight excluding hydrogens is 391 g/mol. The summed E-state index contributed by atoms with van der Waals surface area (Å²) in [6, 6.07) is 21.1. The molecule has 0 aromatic heterocycles. The molecule has 3 aromatic carbocycles. The van der Waals surface area contributed by atoms with E-state index in [-0.39, 0.29) is 30.1 Å². The van der Waals surface area contributed by atoms with Crippen LogP contribution < -0.4 is 5.32 Å². The number of rotatable bonds is 4. The summed E-state index contributed by atoms with van der Waals surface area (Å²) < 4.78 is 13.7. The van der Waals surface area contributed by atoms with Gasteiger partial charge in [0, 0.05) is 11.3 Å². The third-order valence-corrected chi connectivity index (χ3v) is 5.78. The van der Waals surface area contributed by atoms with Crippen LogP contribution in [0.2, 0.25) is 0 Å². The number of halogens is 1. The lowest BCUT2D eigenvalue weighted by molar-refractivity contribution is -0.137. The topological polar surface area (TPSA) is 49.4 Å². The second-order valence-corrected chi connectivity index (χ2v) is 7.93. The van der Waals surface area contributed by atoms with E-state index in [4.69, 9.17) is 0 Å². The van der Waals surface area contributed by atoms with Crippen molar-refractivity contribution in [1.29, 1.82) is 0 Å². The molecule has 5 heteroatoms. The molecule has 2 atom stereocenters. The highest BCUT2D eigenvalue weighted by molar-refractivity contribution is 5.98. The van der Waals surface area contributed by atoms with E-state index in [0.29, 0.717) is 12.1 Å². The Morgan fingerprint density at radius 2 is 1.81 bits per heavy atom. The Morgan fingerprint density at radius 1 is 1.10 bits per heavy atom. The molecule has 0 bridgehead atoms. The highest BCUT2D eigenvalue weighted by Gasteiger charge is 2.36. The fourth-order valence-electron chi connectivity index (χ4n) is 4.27. The summed E-state index contributed by atoms with van der Waals surface area (Å²) in [4.78, 5) is 28.2. The van der Waals surface area contributed by atoms with E-state index < -0.39 is 6.04 Å². The van der Waals surface area contributed by atoms with Gasteiger partial charge in [-0.05, 0) is 42.7 Å². The van der Waals surface area contributed by atoms with Crippen LogP contribution in [0, 0.1) is 12.7 Å². The lowest BCUT2D eigenvalue weighted by Gasteiger charge is -2.33. The summed E-state index contributed by atoms with van der Waals surface area (Å²) in [5.41, 5.74) is 4.20. The molecule has 3 aromatic rings. The highest BCUT2D eigenvalue weighted by atomic mass is 19.1.